The number of carbonyl (C=O) groups excluding carboxylic acids is 1. The van der Waals surface area contributed by atoms with Crippen LogP contribution in [0.15, 0.2) is 6.20 Å². The highest BCUT2D eigenvalue weighted by atomic mass is 16.4. The summed E-state index contributed by atoms with van der Waals surface area (Å²) in [5.41, 5.74) is 1.49. The summed E-state index contributed by atoms with van der Waals surface area (Å²) in [4.78, 5) is 24.7. The zero-order valence-electron chi connectivity index (χ0n) is 11.3. The first-order valence-electron chi connectivity index (χ1n) is 6.58. The summed E-state index contributed by atoms with van der Waals surface area (Å²) in [6, 6.07) is -0.150. The van der Waals surface area contributed by atoms with E-state index in [2.05, 4.69) is 5.10 Å². The molecule has 6 heteroatoms. The first-order chi connectivity index (χ1) is 9.00. The molecular formula is C13H19N3O3. The zero-order valence-corrected chi connectivity index (χ0v) is 11.3. The second-order valence-corrected chi connectivity index (χ2v) is 5.11. The van der Waals surface area contributed by atoms with Gasteiger partial charge >= 0.3 is 5.97 Å². The van der Waals surface area contributed by atoms with Crippen LogP contribution in [0.2, 0.25) is 0 Å². The lowest BCUT2D eigenvalue weighted by Crippen LogP contribution is -2.41. The molecule has 1 amide bonds. The number of hydrogen-bond acceptors (Lipinski definition) is 3. The third-order valence-electron chi connectivity index (χ3n) is 3.40. The molecule has 0 radical (unpaired) electrons. The Bertz CT molecular complexity index is 493. The van der Waals surface area contributed by atoms with Crippen LogP contribution >= 0.6 is 0 Å². The van der Waals surface area contributed by atoms with Gasteiger partial charge in [-0.2, -0.15) is 5.10 Å². The molecule has 1 N–H and O–H groups in total. The van der Waals surface area contributed by atoms with Gasteiger partial charge < -0.3 is 10.0 Å². The maximum absolute atomic E-state index is 12.5. The quantitative estimate of drug-likeness (QED) is 0.886. The molecule has 2 heterocycles. The first-order valence-corrected chi connectivity index (χ1v) is 6.58. The first kappa shape index (κ1) is 13.6. The topological polar surface area (TPSA) is 75.4 Å². The molecule has 0 bridgehead atoms. The Labute approximate surface area is 112 Å². The van der Waals surface area contributed by atoms with Gasteiger partial charge in [0.05, 0.1) is 17.5 Å². The SMILES string of the molecule is CC(C)N(CC(=O)O)C(=O)c1cnn2c1CCCC2. The van der Waals surface area contributed by atoms with E-state index >= 15 is 0 Å². The van der Waals surface area contributed by atoms with Crippen molar-refractivity contribution in [2.24, 2.45) is 0 Å². The van der Waals surface area contributed by atoms with Gasteiger partial charge in [-0.25, -0.2) is 0 Å². The minimum atomic E-state index is -0.997. The molecule has 6 nitrogen and oxygen atoms in total. The standard InChI is InChI=1S/C13H19N3O3/c1-9(2)15(8-12(17)18)13(19)10-7-14-16-6-4-3-5-11(10)16/h7,9H,3-6,8H2,1-2H3,(H,17,18). The van der Waals surface area contributed by atoms with Crippen molar-refractivity contribution in [3.05, 3.63) is 17.5 Å². The largest absolute Gasteiger partial charge is 0.480 e. The third kappa shape index (κ3) is 2.77. The highest BCUT2D eigenvalue weighted by Gasteiger charge is 2.26. The lowest BCUT2D eigenvalue weighted by Gasteiger charge is -2.25. The monoisotopic (exact) mass is 265 g/mol. The molecule has 1 aromatic rings. The average Bonchev–Trinajstić information content (AvgIpc) is 2.78. The number of hydrogen-bond donors (Lipinski definition) is 1. The van der Waals surface area contributed by atoms with Crippen molar-refractivity contribution in [2.45, 2.75) is 45.7 Å². The van der Waals surface area contributed by atoms with Crippen molar-refractivity contribution in [1.29, 1.82) is 0 Å². The molecule has 0 fully saturated rings. The maximum atomic E-state index is 12.5. The van der Waals surface area contributed by atoms with Crippen molar-refractivity contribution in [2.75, 3.05) is 6.54 Å². The fourth-order valence-corrected chi connectivity index (χ4v) is 2.39. The average molecular weight is 265 g/mol. The van der Waals surface area contributed by atoms with Crippen LogP contribution in [0, 0.1) is 0 Å². The van der Waals surface area contributed by atoms with Crippen LogP contribution in [-0.2, 0) is 17.8 Å². The Kier molecular flexibility index (Phi) is 3.87. The molecule has 0 aromatic carbocycles. The molecule has 1 aliphatic heterocycles. The number of rotatable bonds is 4. The van der Waals surface area contributed by atoms with Crippen LogP contribution in [0.3, 0.4) is 0 Å². The van der Waals surface area contributed by atoms with Gasteiger partial charge in [0.1, 0.15) is 6.54 Å². The van der Waals surface area contributed by atoms with Gasteiger partial charge in [0.15, 0.2) is 0 Å². The normalized spacial score (nSPS) is 14.3. The van der Waals surface area contributed by atoms with Gasteiger partial charge in [-0.05, 0) is 33.1 Å². The van der Waals surface area contributed by atoms with Crippen molar-refractivity contribution in [3.63, 3.8) is 0 Å². The number of carboxylic acids is 1. The summed E-state index contributed by atoms with van der Waals surface area (Å²) in [6.45, 7) is 4.19. The Morgan fingerprint density at radius 3 is 2.84 bits per heavy atom. The summed E-state index contributed by atoms with van der Waals surface area (Å²) in [5.74, 6) is -1.23. The number of carbonyl (C=O) groups is 2. The van der Waals surface area contributed by atoms with Gasteiger partial charge in [0.25, 0.3) is 5.91 Å². The lowest BCUT2D eigenvalue weighted by molar-refractivity contribution is -0.138. The number of aryl methyl sites for hydroxylation is 1. The molecule has 0 saturated carbocycles. The van der Waals surface area contributed by atoms with Crippen molar-refractivity contribution in [3.8, 4) is 0 Å². The molecule has 2 rings (SSSR count). The van der Waals surface area contributed by atoms with Crippen molar-refractivity contribution >= 4 is 11.9 Å². The van der Waals surface area contributed by atoms with E-state index in [1.807, 2.05) is 18.5 Å². The molecule has 0 atom stereocenters. The Hall–Kier alpha value is -1.85. The predicted molar refractivity (Wildman–Crippen MR) is 69.0 cm³/mol. The maximum Gasteiger partial charge on any atom is 0.323 e. The molecule has 0 aliphatic carbocycles. The Balaban J connectivity index is 2.26. The molecule has 1 aromatic heterocycles. The smallest absolute Gasteiger partial charge is 0.323 e. The van der Waals surface area contributed by atoms with E-state index in [9.17, 15) is 9.59 Å². The van der Waals surface area contributed by atoms with Crippen LogP contribution in [0.1, 0.15) is 42.7 Å². The summed E-state index contributed by atoms with van der Waals surface area (Å²) in [7, 11) is 0. The summed E-state index contributed by atoms with van der Waals surface area (Å²) >= 11 is 0. The molecule has 0 spiro atoms. The van der Waals surface area contributed by atoms with Crippen molar-refractivity contribution in [1.82, 2.24) is 14.7 Å². The number of aromatic nitrogens is 2. The molecule has 0 saturated heterocycles. The third-order valence-corrected chi connectivity index (χ3v) is 3.40. The molecule has 19 heavy (non-hydrogen) atoms. The fraction of sp³-hybridized carbons (Fsp3) is 0.615. The van der Waals surface area contributed by atoms with Crippen LogP contribution in [0.25, 0.3) is 0 Å². The highest BCUT2D eigenvalue weighted by Crippen LogP contribution is 2.20. The number of carboxylic acid groups (broad SMARTS) is 1. The van der Waals surface area contributed by atoms with Crippen molar-refractivity contribution < 1.29 is 14.7 Å². The van der Waals surface area contributed by atoms with Crippen LogP contribution < -0.4 is 0 Å². The predicted octanol–water partition coefficient (Wildman–Crippen LogP) is 1.15. The summed E-state index contributed by atoms with van der Waals surface area (Å²) < 4.78 is 1.86. The van der Waals surface area contributed by atoms with E-state index in [0.717, 1.165) is 31.5 Å². The summed E-state index contributed by atoms with van der Waals surface area (Å²) in [6.07, 6.45) is 4.53. The van der Waals surface area contributed by atoms with Gasteiger partial charge in [-0.3, -0.25) is 14.3 Å². The number of nitrogens with zero attached hydrogens (tertiary/aromatic N) is 3. The molecule has 0 unspecified atom stereocenters. The lowest BCUT2D eigenvalue weighted by atomic mass is 10.1. The fourth-order valence-electron chi connectivity index (χ4n) is 2.39. The highest BCUT2D eigenvalue weighted by molar-refractivity contribution is 5.96. The number of aliphatic carboxylic acids is 1. The molecular weight excluding hydrogens is 246 g/mol. The Morgan fingerprint density at radius 1 is 1.47 bits per heavy atom. The van der Waals surface area contributed by atoms with Gasteiger partial charge in [-0.15, -0.1) is 0 Å². The van der Waals surface area contributed by atoms with Gasteiger partial charge in [-0.1, -0.05) is 0 Å². The van der Waals surface area contributed by atoms with E-state index in [1.165, 1.54) is 4.90 Å². The van der Waals surface area contributed by atoms with Gasteiger partial charge in [0.2, 0.25) is 0 Å². The minimum Gasteiger partial charge on any atom is -0.480 e. The molecule has 1 aliphatic rings. The van der Waals surface area contributed by atoms with Gasteiger partial charge in [0, 0.05) is 12.6 Å². The second-order valence-electron chi connectivity index (χ2n) is 5.11. The second kappa shape index (κ2) is 5.42. The summed E-state index contributed by atoms with van der Waals surface area (Å²) in [5, 5.41) is 13.1. The van der Waals surface area contributed by atoms with E-state index in [-0.39, 0.29) is 18.5 Å². The molecule has 104 valence electrons. The van der Waals surface area contributed by atoms with E-state index < -0.39 is 5.97 Å². The number of fused-ring (bicyclic) bond motifs is 1. The van der Waals surface area contributed by atoms with Crippen LogP contribution in [0.4, 0.5) is 0 Å². The van der Waals surface area contributed by atoms with E-state index in [4.69, 9.17) is 5.11 Å². The zero-order chi connectivity index (χ0) is 14.0. The van der Waals surface area contributed by atoms with Crippen LogP contribution in [0.5, 0.6) is 0 Å². The number of amides is 1. The van der Waals surface area contributed by atoms with Crippen LogP contribution in [-0.4, -0.2) is 44.3 Å². The minimum absolute atomic E-state index is 0.150. The van der Waals surface area contributed by atoms with E-state index in [0.29, 0.717) is 5.56 Å². The van der Waals surface area contributed by atoms with E-state index in [1.54, 1.807) is 6.20 Å². The Morgan fingerprint density at radius 2 is 2.21 bits per heavy atom.